The van der Waals surface area contributed by atoms with Gasteiger partial charge in [0.2, 0.25) is 5.91 Å². The zero-order chi connectivity index (χ0) is 14.0. The maximum absolute atomic E-state index is 12.7. The molecule has 0 saturated carbocycles. The number of Topliss-reactive ketones (excluding diaryl/α,β-unsaturated/α-hetero) is 1. The first-order chi connectivity index (χ1) is 8.97. The summed E-state index contributed by atoms with van der Waals surface area (Å²) in [6.45, 7) is -0.170. The van der Waals surface area contributed by atoms with Crippen molar-refractivity contribution in [1.82, 2.24) is 4.90 Å². The van der Waals surface area contributed by atoms with E-state index in [2.05, 4.69) is 0 Å². The summed E-state index contributed by atoms with van der Waals surface area (Å²) in [6.07, 6.45) is -0.193. The van der Waals surface area contributed by atoms with Gasteiger partial charge in [0.05, 0.1) is 13.0 Å². The van der Waals surface area contributed by atoms with Gasteiger partial charge in [0, 0.05) is 6.42 Å². The van der Waals surface area contributed by atoms with E-state index in [4.69, 9.17) is 5.11 Å². The molecule has 1 aliphatic heterocycles. The average molecular weight is 265 g/mol. The maximum atomic E-state index is 12.7. The summed E-state index contributed by atoms with van der Waals surface area (Å²) in [5, 5.41) is 8.96. The molecule has 1 atom stereocenters. The van der Waals surface area contributed by atoms with Gasteiger partial charge >= 0.3 is 5.97 Å². The Morgan fingerprint density at radius 3 is 2.53 bits per heavy atom. The highest BCUT2D eigenvalue weighted by Gasteiger charge is 2.38. The molecule has 19 heavy (non-hydrogen) atoms. The van der Waals surface area contributed by atoms with Crippen LogP contribution in [0.15, 0.2) is 24.3 Å². The zero-order valence-corrected chi connectivity index (χ0v) is 10.0. The van der Waals surface area contributed by atoms with Gasteiger partial charge in [-0.15, -0.1) is 0 Å². The molecule has 1 aromatic carbocycles. The highest BCUT2D eigenvalue weighted by Crippen LogP contribution is 2.16. The van der Waals surface area contributed by atoms with E-state index in [-0.39, 0.29) is 25.2 Å². The molecule has 0 aliphatic carbocycles. The van der Waals surface area contributed by atoms with Gasteiger partial charge in [0.25, 0.3) is 0 Å². The van der Waals surface area contributed by atoms with E-state index in [1.165, 1.54) is 24.3 Å². The summed E-state index contributed by atoms with van der Waals surface area (Å²) >= 11 is 0. The quantitative estimate of drug-likeness (QED) is 0.869. The van der Waals surface area contributed by atoms with Crippen molar-refractivity contribution in [1.29, 1.82) is 0 Å². The molecule has 1 fully saturated rings. The number of amides is 1. The Kier molecular flexibility index (Phi) is 3.59. The lowest BCUT2D eigenvalue weighted by atomic mass is 10.1. The molecule has 0 bridgehead atoms. The SMILES string of the molecule is O=C1CC(C(=O)O)N(C(=O)Cc2ccc(F)cc2)C1. The fourth-order valence-electron chi connectivity index (χ4n) is 2.05. The number of nitrogens with zero attached hydrogens (tertiary/aromatic N) is 1. The van der Waals surface area contributed by atoms with Crippen LogP contribution in [-0.4, -0.2) is 40.3 Å². The van der Waals surface area contributed by atoms with Gasteiger partial charge < -0.3 is 10.0 Å². The fraction of sp³-hybridized carbons (Fsp3) is 0.308. The van der Waals surface area contributed by atoms with Crippen molar-refractivity contribution in [2.24, 2.45) is 0 Å². The van der Waals surface area contributed by atoms with E-state index >= 15 is 0 Å². The van der Waals surface area contributed by atoms with Crippen LogP contribution in [0.4, 0.5) is 4.39 Å². The molecule has 0 spiro atoms. The van der Waals surface area contributed by atoms with Crippen LogP contribution < -0.4 is 0 Å². The number of aliphatic carboxylic acids is 1. The summed E-state index contributed by atoms with van der Waals surface area (Å²) in [4.78, 5) is 35.3. The second-order valence-electron chi connectivity index (χ2n) is 4.42. The van der Waals surface area contributed by atoms with Gasteiger partial charge in [0.15, 0.2) is 5.78 Å². The minimum atomic E-state index is -1.18. The van der Waals surface area contributed by atoms with Gasteiger partial charge in [0.1, 0.15) is 11.9 Å². The molecule has 2 rings (SSSR count). The number of benzene rings is 1. The highest BCUT2D eigenvalue weighted by molar-refractivity contribution is 5.97. The third-order valence-electron chi connectivity index (χ3n) is 3.02. The second kappa shape index (κ2) is 5.17. The van der Waals surface area contributed by atoms with Gasteiger partial charge in [-0.1, -0.05) is 12.1 Å². The normalized spacial score (nSPS) is 18.7. The number of carbonyl (C=O) groups is 3. The van der Waals surface area contributed by atoms with Crippen LogP contribution in [0.2, 0.25) is 0 Å². The molecule has 1 saturated heterocycles. The van der Waals surface area contributed by atoms with Crippen LogP contribution in [0.25, 0.3) is 0 Å². The minimum Gasteiger partial charge on any atom is -0.480 e. The second-order valence-corrected chi connectivity index (χ2v) is 4.42. The zero-order valence-electron chi connectivity index (χ0n) is 10.0. The standard InChI is InChI=1S/C13H12FNO4/c14-9-3-1-8(2-4-9)5-12(17)15-7-10(16)6-11(15)13(18)19/h1-4,11H,5-7H2,(H,18,19). The molecule has 1 amide bonds. The highest BCUT2D eigenvalue weighted by atomic mass is 19.1. The Bertz CT molecular complexity index is 526. The third-order valence-corrected chi connectivity index (χ3v) is 3.02. The molecule has 1 aliphatic rings. The molecule has 1 aromatic rings. The summed E-state index contributed by atoms with van der Waals surface area (Å²) in [7, 11) is 0. The van der Waals surface area contributed by atoms with Crippen molar-refractivity contribution < 1.29 is 23.9 Å². The predicted octanol–water partition coefficient (Wildman–Crippen LogP) is 0.623. The third kappa shape index (κ3) is 2.96. The largest absolute Gasteiger partial charge is 0.480 e. The fourth-order valence-corrected chi connectivity index (χ4v) is 2.05. The van der Waals surface area contributed by atoms with Crippen molar-refractivity contribution >= 4 is 17.7 Å². The van der Waals surface area contributed by atoms with Gasteiger partial charge in [-0.3, -0.25) is 9.59 Å². The summed E-state index contributed by atoms with van der Waals surface area (Å²) < 4.78 is 12.7. The van der Waals surface area contributed by atoms with Crippen LogP contribution in [0, 0.1) is 5.82 Å². The van der Waals surface area contributed by atoms with E-state index < -0.39 is 23.7 Å². The minimum absolute atomic E-state index is 0.0443. The number of halogens is 1. The average Bonchev–Trinajstić information content (AvgIpc) is 2.74. The first kappa shape index (κ1) is 13.2. The van der Waals surface area contributed by atoms with E-state index in [0.717, 1.165) is 4.90 Å². The van der Waals surface area contributed by atoms with Crippen LogP contribution in [0.1, 0.15) is 12.0 Å². The number of ketones is 1. The molecule has 1 N–H and O–H groups in total. The van der Waals surface area contributed by atoms with Gasteiger partial charge in [-0.05, 0) is 17.7 Å². The molecule has 0 radical (unpaired) electrons. The number of likely N-dealkylation sites (tertiary alicyclic amines) is 1. The predicted molar refractivity (Wildman–Crippen MR) is 62.9 cm³/mol. The number of carbonyl (C=O) groups excluding carboxylic acids is 2. The molecule has 1 unspecified atom stereocenters. The molecule has 1 heterocycles. The molecule has 0 aromatic heterocycles. The van der Waals surface area contributed by atoms with E-state index in [0.29, 0.717) is 5.56 Å². The first-order valence-electron chi connectivity index (χ1n) is 5.76. The van der Waals surface area contributed by atoms with E-state index in [1.807, 2.05) is 0 Å². The van der Waals surface area contributed by atoms with Crippen LogP contribution >= 0.6 is 0 Å². The van der Waals surface area contributed by atoms with Crippen molar-refractivity contribution in [3.05, 3.63) is 35.6 Å². The smallest absolute Gasteiger partial charge is 0.326 e. The number of hydrogen-bond donors (Lipinski definition) is 1. The monoisotopic (exact) mass is 265 g/mol. The molecule has 5 nitrogen and oxygen atoms in total. The van der Waals surface area contributed by atoms with E-state index in [1.54, 1.807) is 0 Å². The molecule has 100 valence electrons. The van der Waals surface area contributed by atoms with Gasteiger partial charge in [-0.25, -0.2) is 9.18 Å². The summed E-state index contributed by atoms with van der Waals surface area (Å²) in [6, 6.07) is 4.29. The van der Waals surface area contributed by atoms with Crippen molar-refractivity contribution in [2.45, 2.75) is 18.9 Å². The van der Waals surface area contributed by atoms with E-state index in [9.17, 15) is 18.8 Å². The number of hydrogen-bond acceptors (Lipinski definition) is 3. The summed E-state index contributed by atoms with van der Waals surface area (Å²) in [5.41, 5.74) is 0.579. The number of rotatable bonds is 3. The molecular formula is C13H12FNO4. The lowest BCUT2D eigenvalue weighted by Crippen LogP contribution is -2.41. The first-order valence-corrected chi connectivity index (χ1v) is 5.76. The Morgan fingerprint density at radius 1 is 1.32 bits per heavy atom. The van der Waals surface area contributed by atoms with Crippen molar-refractivity contribution in [3.8, 4) is 0 Å². The lowest BCUT2D eigenvalue weighted by molar-refractivity contribution is -0.148. The topological polar surface area (TPSA) is 74.7 Å². The molecule has 6 heteroatoms. The number of carboxylic acids is 1. The van der Waals surface area contributed by atoms with Crippen LogP contribution in [0.3, 0.4) is 0 Å². The van der Waals surface area contributed by atoms with Crippen LogP contribution in [-0.2, 0) is 20.8 Å². The number of carboxylic acid groups (broad SMARTS) is 1. The van der Waals surface area contributed by atoms with Crippen molar-refractivity contribution in [3.63, 3.8) is 0 Å². The molecular weight excluding hydrogens is 253 g/mol. The Morgan fingerprint density at radius 2 is 1.95 bits per heavy atom. The lowest BCUT2D eigenvalue weighted by Gasteiger charge is -2.20. The van der Waals surface area contributed by atoms with Crippen molar-refractivity contribution in [2.75, 3.05) is 6.54 Å². The maximum Gasteiger partial charge on any atom is 0.326 e. The Balaban J connectivity index is 2.08. The Labute approximate surface area is 108 Å². The summed E-state index contributed by atoms with van der Waals surface area (Å²) in [5.74, 6) is -2.29. The van der Waals surface area contributed by atoms with Gasteiger partial charge in [-0.2, -0.15) is 0 Å². The Hall–Kier alpha value is -2.24. The van der Waals surface area contributed by atoms with Crippen LogP contribution in [0.5, 0.6) is 0 Å².